The summed E-state index contributed by atoms with van der Waals surface area (Å²) in [4.78, 5) is 36.8. The largest absolute Gasteiger partial charge is 0.462 e. The van der Waals surface area contributed by atoms with Crippen molar-refractivity contribution < 1.29 is 19.1 Å². The number of hydrogen-bond acceptors (Lipinski definition) is 5. The Balaban J connectivity index is 2.36. The van der Waals surface area contributed by atoms with Crippen LogP contribution in [0.25, 0.3) is 0 Å². The Morgan fingerprint density at radius 1 is 1.45 bits per heavy atom. The molecule has 7 nitrogen and oxygen atoms in total. The molecule has 118 valence electrons. The van der Waals surface area contributed by atoms with E-state index < -0.39 is 17.8 Å². The van der Waals surface area contributed by atoms with E-state index in [0.717, 1.165) is 0 Å². The van der Waals surface area contributed by atoms with Crippen LogP contribution >= 0.6 is 0 Å². The molecule has 0 aromatic heterocycles. The van der Waals surface area contributed by atoms with E-state index in [1.807, 2.05) is 0 Å². The zero-order valence-corrected chi connectivity index (χ0v) is 12.6. The van der Waals surface area contributed by atoms with Gasteiger partial charge in [-0.1, -0.05) is 0 Å². The lowest BCUT2D eigenvalue weighted by Gasteiger charge is -2.20. The van der Waals surface area contributed by atoms with Crippen molar-refractivity contribution in [2.75, 3.05) is 30.4 Å². The Morgan fingerprint density at radius 3 is 2.73 bits per heavy atom. The fourth-order valence-electron chi connectivity index (χ4n) is 2.44. The van der Waals surface area contributed by atoms with Crippen LogP contribution in [0.3, 0.4) is 0 Å². The first-order valence-electron chi connectivity index (χ1n) is 7.06. The van der Waals surface area contributed by atoms with E-state index in [2.05, 4.69) is 5.32 Å². The van der Waals surface area contributed by atoms with Crippen LogP contribution in [-0.4, -0.2) is 38.0 Å². The van der Waals surface area contributed by atoms with Gasteiger partial charge in [0.2, 0.25) is 11.8 Å². The van der Waals surface area contributed by atoms with Crippen molar-refractivity contribution in [3.05, 3.63) is 23.8 Å². The van der Waals surface area contributed by atoms with Gasteiger partial charge in [0.1, 0.15) is 0 Å². The Labute approximate surface area is 128 Å². The number of nitrogens with zero attached hydrogens (tertiary/aromatic N) is 1. The van der Waals surface area contributed by atoms with Gasteiger partial charge < -0.3 is 20.7 Å². The van der Waals surface area contributed by atoms with Crippen molar-refractivity contribution in [1.82, 2.24) is 0 Å². The number of carbonyl (C=O) groups excluding carboxylic acids is 3. The summed E-state index contributed by atoms with van der Waals surface area (Å²) in [7, 11) is 1.72. The maximum Gasteiger partial charge on any atom is 0.338 e. The lowest BCUT2D eigenvalue weighted by molar-refractivity contribution is -0.123. The summed E-state index contributed by atoms with van der Waals surface area (Å²) in [6, 6.07) is 4.91. The van der Waals surface area contributed by atoms with E-state index in [1.165, 1.54) is 4.90 Å². The van der Waals surface area contributed by atoms with E-state index in [0.29, 0.717) is 16.9 Å². The molecule has 22 heavy (non-hydrogen) atoms. The number of primary amides is 1. The molecule has 1 unspecified atom stereocenters. The molecule has 0 aliphatic carbocycles. The van der Waals surface area contributed by atoms with Crippen molar-refractivity contribution in [3.8, 4) is 0 Å². The number of benzene rings is 1. The summed E-state index contributed by atoms with van der Waals surface area (Å²) >= 11 is 0. The van der Waals surface area contributed by atoms with Gasteiger partial charge in [0.15, 0.2) is 0 Å². The molecule has 1 aromatic carbocycles. The second-order valence-electron chi connectivity index (χ2n) is 5.01. The van der Waals surface area contributed by atoms with Gasteiger partial charge in [-0.2, -0.15) is 0 Å². The topological polar surface area (TPSA) is 102 Å². The molecule has 1 aromatic rings. The molecule has 2 rings (SSSR count). The first kappa shape index (κ1) is 15.8. The summed E-state index contributed by atoms with van der Waals surface area (Å²) in [6.45, 7) is 2.21. The van der Waals surface area contributed by atoms with Gasteiger partial charge in [-0.05, 0) is 25.1 Å². The number of anilines is 2. The summed E-state index contributed by atoms with van der Waals surface area (Å²) in [6.07, 6.45) is 0.0854. The molecule has 3 N–H and O–H groups in total. The van der Waals surface area contributed by atoms with E-state index in [-0.39, 0.29) is 25.5 Å². The van der Waals surface area contributed by atoms with Crippen LogP contribution in [0.1, 0.15) is 23.7 Å². The number of nitrogens with one attached hydrogen (secondary N) is 1. The third kappa shape index (κ3) is 3.03. The standard InChI is InChI=1S/C15H19N3O4/c1-3-22-15(21)9-4-5-11(17-2)12(6-9)18-8-10(14(16)20)7-13(18)19/h4-6,10,17H,3,7-8H2,1-2H3,(H2,16,20). The molecule has 2 amide bonds. The fourth-order valence-corrected chi connectivity index (χ4v) is 2.44. The average molecular weight is 305 g/mol. The van der Waals surface area contributed by atoms with E-state index in [9.17, 15) is 14.4 Å². The Kier molecular flexibility index (Phi) is 4.65. The minimum atomic E-state index is -0.511. The number of esters is 1. The monoisotopic (exact) mass is 305 g/mol. The molecular formula is C15H19N3O4. The molecule has 0 bridgehead atoms. The van der Waals surface area contributed by atoms with Crippen molar-refractivity contribution in [3.63, 3.8) is 0 Å². The lowest BCUT2D eigenvalue weighted by Crippen LogP contribution is -2.29. The normalized spacial score (nSPS) is 17.5. The minimum Gasteiger partial charge on any atom is -0.462 e. The first-order chi connectivity index (χ1) is 10.5. The predicted octanol–water partition coefficient (Wildman–Crippen LogP) is 0.743. The molecular weight excluding hydrogens is 286 g/mol. The molecule has 7 heteroatoms. The van der Waals surface area contributed by atoms with Crippen LogP contribution in [0.4, 0.5) is 11.4 Å². The number of carbonyl (C=O) groups is 3. The number of nitrogens with two attached hydrogens (primary N) is 1. The van der Waals surface area contributed by atoms with Crippen LogP contribution in [0, 0.1) is 5.92 Å². The zero-order chi connectivity index (χ0) is 16.3. The van der Waals surface area contributed by atoms with Crippen LogP contribution < -0.4 is 16.0 Å². The number of amides is 2. The third-order valence-corrected chi connectivity index (χ3v) is 3.60. The SMILES string of the molecule is CCOC(=O)c1ccc(NC)c(N2CC(C(N)=O)CC2=O)c1. The average Bonchev–Trinajstić information content (AvgIpc) is 2.89. The maximum absolute atomic E-state index is 12.1. The summed E-state index contributed by atoms with van der Waals surface area (Å²) < 4.78 is 4.97. The molecule has 1 heterocycles. The van der Waals surface area contributed by atoms with E-state index >= 15 is 0 Å². The highest BCUT2D eigenvalue weighted by atomic mass is 16.5. The molecule has 1 fully saturated rings. The minimum absolute atomic E-state index is 0.0854. The summed E-state index contributed by atoms with van der Waals surface area (Å²) in [5.41, 5.74) is 6.86. The zero-order valence-electron chi connectivity index (χ0n) is 12.6. The quantitative estimate of drug-likeness (QED) is 0.781. The third-order valence-electron chi connectivity index (χ3n) is 3.60. The van der Waals surface area contributed by atoms with Gasteiger partial charge in [-0.25, -0.2) is 4.79 Å². The second kappa shape index (κ2) is 6.46. The van der Waals surface area contributed by atoms with E-state index in [4.69, 9.17) is 10.5 Å². The molecule has 0 saturated carbocycles. The molecule has 0 spiro atoms. The Morgan fingerprint density at radius 2 is 2.18 bits per heavy atom. The fraction of sp³-hybridized carbons (Fsp3) is 0.400. The van der Waals surface area contributed by atoms with Crippen molar-refractivity contribution in [2.24, 2.45) is 11.7 Å². The van der Waals surface area contributed by atoms with Crippen molar-refractivity contribution in [2.45, 2.75) is 13.3 Å². The van der Waals surface area contributed by atoms with Crippen LogP contribution in [0.5, 0.6) is 0 Å². The first-order valence-corrected chi connectivity index (χ1v) is 7.06. The van der Waals surface area contributed by atoms with Crippen molar-refractivity contribution in [1.29, 1.82) is 0 Å². The smallest absolute Gasteiger partial charge is 0.338 e. The van der Waals surface area contributed by atoms with Crippen molar-refractivity contribution >= 4 is 29.2 Å². The molecule has 1 saturated heterocycles. The summed E-state index contributed by atoms with van der Waals surface area (Å²) in [5, 5.41) is 2.97. The predicted molar refractivity (Wildman–Crippen MR) is 81.6 cm³/mol. The van der Waals surface area contributed by atoms with Gasteiger partial charge >= 0.3 is 5.97 Å². The number of hydrogen-bond donors (Lipinski definition) is 2. The molecule has 1 atom stereocenters. The second-order valence-corrected chi connectivity index (χ2v) is 5.01. The highest BCUT2D eigenvalue weighted by molar-refractivity contribution is 6.03. The number of ether oxygens (including phenoxy) is 1. The Bertz CT molecular complexity index is 615. The van der Waals surface area contributed by atoms with Gasteiger partial charge in [-0.3, -0.25) is 9.59 Å². The molecule has 1 aliphatic rings. The molecule has 1 aliphatic heterocycles. The van der Waals surface area contributed by atoms with Gasteiger partial charge in [-0.15, -0.1) is 0 Å². The van der Waals surface area contributed by atoms with Crippen LogP contribution in [-0.2, 0) is 14.3 Å². The van der Waals surface area contributed by atoms with Gasteiger partial charge in [0.25, 0.3) is 0 Å². The highest BCUT2D eigenvalue weighted by Gasteiger charge is 2.35. The molecule has 0 radical (unpaired) electrons. The lowest BCUT2D eigenvalue weighted by atomic mass is 10.1. The van der Waals surface area contributed by atoms with Gasteiger partial charge in [0, 0.05) is 20.0 Å². The van der Waals surface area contributed by atoms with Crippen LogP contribution in [0.2, 0.25) is 0 Å². The maximum atomic E-state index is 12.1. The summed E-state index contributed by atoms with van der Waals surface area (Å²) in [5.74, 6) is -1.65. The highest BCUT2D eigenvalue weighted by Crippen LogP contribution is 2.32. The van der Waals surface area contributed by atoms with E-state index in [1.54, 1.807) is 32.2 Å². The van der Waals surface area contributed by atoms with Crippen LogP contribution in [0.15, 0.2) is 18.2 Å². The van der Waals surface area contributed by atoms with Gasteiger partial charge in [0.05, 0.1) is 29.5 Å². The number of rotatable bonds is 5. The Hall–Kier alpha value is -2.57.